The number of hydrogen-bond acceptors (Lipinski definition) is 6. The van der Waals surface area contributed by atoms with Gasteiger partial charge in [0, 0.05) is 43.3 Å². The number of pyridine rings is 1. The van der Waals surface area contributed by atoms with Gasteiger partial charge in [0.1, 0.15) is 5.69 Å². The van der Waals surface area contributed by atoms with E-state index in [1.165, 1.54) is 17.8 Å². The summed E-state index contributed by atoms with van der Waals surface area (Å²) in [6, 6.07) is 9.00. The SMILES string of the molecule is CS(=O)(=O)c1cc(NC(=O)c2c3cccc(C4CC4)c3nn2CC2CCOCC2)ccn1. The Morgan fingerprint density at radius 1 is 1.19 bits per heavy atom. The van der Waals surface area contributed by atoms with E-state index in [1.54, 1.807) is 6.07 Å². The second-order valence-electron chi connectivity index (χ2n) is 8.71. The van der Waals surface area contributed by atoms with Gasteiger partial charge in [-0.05, 0) is 55.2 Å². The van der Waals surface area contributed by atoms with Crippen molar-refractivity contribution in [1.82, 2.24) is 14.8 Å². The van der Waals surface area contributed by atoms with E-state index in [-0.39, 0.29) is 10.9 Å². The van der Waals surface area contributed by atoms with Gasteiger partial charge in [-0.15, -0.1) is 0 Å². The standard InChI is InChI=1S/C23H26N4O4S/c1-32(29,30)20-13-17(7-10-24-20)25-23(28)22-19-4-2-3-18(16-5-6-16)21(19)26-27(22)14-15-8-11-31-12-9-15/h2-4,7,10,13,15-16H,5-6,8-9,11-12,14H2,1H3,(H,24,25,28). The zero-order valence-electron chi connectivity index (χ0n) is 18.0. The molecule has 1 saturated carbocycles. The van der Waals surface area contributed by atoms with Crippen molar-refractivity contribution in [3.05, 3.63) is 47.8 Å². The maximum atomic E-state index is 13.4. The Kier molecular flexibility index (Phi) is 5.46. The van der Waals surface area contributed by atoms with Crippen molar-refractivity contribution in [3.8, 4) is 0 Å². The number of ether oxygens (including phenoxy) is 1. The van der Waals surface area contributed by atoms with Crippen molar-refractivity contribution in [2.75, 3.05) is 24.8 Å². The van der Waals surface area contributed by atoms with Crippen LogP contribution in [0.15, 0.2) is 41.6 Å². The van der Waals surface area contributed by atoms with Crippen LogP contribution >= 0.6 is 0 Å². The summed E-state index contributed by atoms with van der Waals surface area (Å²) in [4.78, 5) is 17.3. The zero-order valence-corrected chi connectivity index (χ0v) is 18.8. The third-order valence-corrected chi connectivity index (χ3v) is 7.16. The van der Waals surface area contributed by atoms with Crippen LogP contribution in [0, 0.1) is 5.92 Å². The van der Waals surface area contributed by atoms with E-state index >= 15 is 0 Å². The summed E-state index contributed by atoms with van der Waals surface area (Å²) in [6.07, 6.45) is 6.66. The molecular formula is C23H26N4O4S. The second-order valence-corrected chi connectivity index (χ2v) is 10.7. The number of nitrogens with zero attached hydrogens (tertiary/aromatic N) is 3. The highest BCUT2D eigenvalue weighted by atomic mass is 32.2. The maximum Gasteiger partial charge on any atom is 0.274 e. The Balaban J connectivity index is 1.53. The molecule has 5 rings (SSSR count). The Hall–Kier alpha value is -2.78. The number of nitrogens with one attached hydrogen (secondary N) is 1. The first-order valence-electron chi connectivity index (χ1n) is 10.9. The van der Waals surface area contributed by atoms with Gasteiger partial charge < -0.3 is 10.1 Å². The van der Waals surface area contributed by atoms with Crippen molar-refractivity contribution >= 4 is 32.3 Å². The highest BCUT2D eigenvalue weighted by Gasteiger charge is 2.29. The van der Waals surface area contributed by atoms with Gasteiger partial charge in [-0.25, -0.2) is 13.4 Å². The number of benzene rings is 1. The molecule has 1 aliphatic heterocycles. The zero-order chi connectivity index (χ0) is 22.3. The highest BCUT2D eigenvalue weighted by Crippen LogP contribution is 2.43. The van der Waals surface area contributed by atoms with Crippen molar-refractivity contribution < 1.29 is 17.9 Å². The smallest absolute Gasteiger partial charge is 0.274 e. The summed E-state index contributed by atoms with van der Waals surface area (Å²) in [7, 11) is -3.48. The molecule has 1 aromatic carbocycles. The number of amides is 1. The normalized spacial score (nSPS) is 17.5. The Morgan fingerprint density at radius 3 is 2.69 bits per heavy atom. The van der Waals surface area contributed by atoms with Crippen LogP contribution in [0.25, 0.3) is 10.9 Å². The van der Waals surface area contributed by atoms with E-state index in [2.05, 4.69) is 16.4 Å². The number of hydrogen-bond donors (Lipinski definition) is 1. The maximum absolute atomic E-state index is 13.4. The van der Waals surface area contributed by atoms with Crippen molar-refractivity contribution in [2.24, 2.45) is 5.92 Å². The van der Waals surface area contributed by atoms with E-state index in [1.807, 2.05) is 16.8 Å². The summed E-state index contributed by atoms with van der Waals surface area (Å²) in [5.41, 5.74) is 2.98. The van der Waals surface area contributed by atoms with E-state index in [4.69, 9.17) is 9.84 Å². The van der Waals surface area contributed by atoms with Gasteiger partial charge in [-0.2, -0.15) is 5.10 Å². The molecule has 3 heterocycles. The van der Waals surface area contributed by atoms with Crippen molar-refractivity contribution in [1.29, 1.82) is 0 Å². The van der Waals surface area contributed by atoms with Crippen LogP contribution < -0.4 is 5.32 Å². The number of rotatable bonds is 6. The van der Waals surface area contributed by atoms with E-state index < -0.39 is 9.84 Å². The molecule has 0 unspecified atom stereocenters. The average molecular weight is 455 g/mol. The quantitative estimate of drug-likeness (QED) is 0.612. The topological polar surface area (TPSA) is 103 Å². The van der Waals surface area contributed by atoms with E-state index in [0.717, 1.165) is 56.1 Å². The van der Waals surface area contributed by atoms with Crippen molar-refractivity contribution in [2.45, 2.75) is 43.2 Å². The van der Waals surface area contributed by atoms with Crippen LogP contribution in [0.1, 0.15) is 47.7 Å². The van der Waals surface area contributed by atoms with Gasteiger partial charge in [-0.3, -0.25) is 9.48 Å². The van der Waals surface area contributed by atoms with Gasteiger partial charge >= 0.3 is 0 Å². The molecule has 0 bridgehead atoms. The van der Waals surface area contributed by atoms with Gasteiger partial charge in [0.05, 0.1) is 5.52 Å². The van der Waals surface area contributed by atoms with Crippen LogP contribution in [-0.4, -0.2) is 48.6 Å². The Bertz CT molecular complexity index is 1270. The fraction of sp³-hybridized carbons (Fsp3) is 0.435. The highest BCUT2D eigenvalue weighted by molar-refractivity contribution is 7.90. The second kappa shape index (κ2) is 8.29. The molecule has 32 heavy (non-hydrogen) atoms. The Labute approximate surface area is 186 Å². The fourth-order valence-corrected chi connectivity index (χ4v) is 4.92. The molecule has 8 nitrogen and oxygen atoms in total. The molecule has 1 aliphatic carbocycles. The molecule has 2 fully saturated rings. The van der Waals surface area contributed by atoms with Gasteiger partial charge in [-0.1, -0.05) is 18.2 Å². The summed E-state index contributed by atoms with van der Waals surface area (Å²) in [5, 5.41) is 8.51. The number of carbonyl (C=O) groups excluding carboxylic acids is 1. The lowest BCUT2D eigenvalue weighted by Gasteiger charge is -2.22. The van der Waals surface area contributed by atoms with Crippen LogP contribution in [0.4, 0.5) is 5.69 Å². The van der Waals surface area contributed by atoms with Gasteiger partial charge in [0.15, 0.2) is 14.9 Å². The first kappa shape index (κ1) is 21.1. The molecule has 0 atom stereocenters. The lowest BCUT2D eigenvalue weighted by atomic mass is 10.0. The predicted octanol–water partition coefficient (Wildman–Crippen LogP) is 3.39. The number of carbonyl (C=O) groups is 1. The summed E-state index contributed by atoms with van der Waals surface area (Å²) in [6.45, 7) is 2.10. The Morgan fingerprint density at radius 2 is 1.97 bits per heavy atom. The lowest BCUT2D eigenvalue weighted by Crippen LogP contribution is -2.24. The molecule has 1 amide bonds. The molecule has 9 heteroatoms. The van der Waals surface area contributed by atoms with Crippen molar-refractivity contribution in [3.63, 3.8) is 0 Å². The molecule has 1 N–H and O–H groups in total. The first-order chi connectivity index (χ1) is 15.4. The van der Waals surface area contributed by atoms with Crippen LogP contribution in [0.2, 0.25) is 0 Å². The van der Waals surface area contributed by atoms with E-state index in [0.29, 0.717) is 29.8 Å². The summed E-state index contributed by atoms with van der Waals surface area (Å²) >= 11 is 0. The molecule has 3 aromatic rings. The largest absolute Gasteiger partial charge is 0.381 e. The number of sulfone groups is 1. The molecule has 2 aliphatic rings. The summed E-state index contributed by atoms with van der Waals surface area (Å²) < 4.78 is 31.0. The molecule has 2 aromatic heterocycles. The minimum atomic E-state index is -3.48. The third-order valence-electron chi connectivity index (χ3n) is 6.18. The number of fused-ring (bicyclic) bond motifs is 1. The fourth-order valence-electron chi connectivity index (χ4n) is 4.32. The predicted molar refractivity (Wildman–Crippen MR) is 121 cm³/mol. The minimum absolute atomic E-state index is 0.0770. The lowest BCUT2D eigenvalue weighted by molar-refractivity contribution is 0.0598. The van der Waals surface area contributed by atoms with Crippen LogP contribution in [0.3, 0.4) is 0 Å². The molecule has 0 spiro atoms. The number of aromatic nitrogens is 3. The first-order valence-corrected chi connectivity index (χ1v) is 12.8. The van der Waals surface area contributed by atoms with Gasteiger partial charge in [0.25, 0.3) is 5.91 Å². The monoisotopic (exact) mass is 454 g/mol. The number of anilines is 1. The van der Waals surface area contributed by atoms with Crippen LogP contribution in [-0.2, 0) is 21.1 Å². The molecule has 1 saturated heterocycles. The van der Waals surface area contributed by atoms with Gasteiger partial charge in [0.2, 0.25) is 0 Å². The molecular weight excluding hydrogens is 428 g/mol. The third kappa shape index (κ3) is 4.27. The average Bonchev–Trinajstić information content (AvgIpc) is 3.54. The molecule has 168 valence electrons. The van der Waals surface area contributed by atoms with Crippen LogP contribution in [0.5, 0.6) is 0 Å². The minimum Gasteiger partial charge on any atom is -0.381 e. The summed E-state index contributed by atoms with van der Waals surface area (Å²) in [5.74, 6) is 0.600. The molecule has 0 radical (unpaired) electrons. The van der Waals surface area contributed by atoms with E-state index in [9.17, 15) is 13.2 Å².